The Labute approximate surface area is 137 Å². The normalized spacial score (nSPS) is 18.6. The van der Waals surface area contributed by atoms with Crippen molar-refractivity contribution in [3.63, 3.8) is 0 Å². The summed E-state index contributed by atoms with van der Waals surface area (Å²) < 4.78 is 0. The smallest absolute Gasteiger partial charge is 0.265 e. The lowest BCUT2D eigenvalue weighted by molar-refractivity contribution is 0.212. The van der Waals surface area contributed by atoms with Gasteiger partial charge in [0.25, 0.3) is 11.2 Å². The molecular weight excluding hydrogens is 300 g/mol. The molecule has 1 fully saturated rings. The molecule has 1 aromatic heterocycles. The quantitative estimate of drug-likeness (QED) is 0.590. The van der Waals surface area contributed by atoms with E-state index in [1.807, 2.05) is 6.92 Å². The number of likely N-dealkylation sites (tertiary alicyclic amines) is 1. The summed E-state index contributed by atoms with van der Waals surface area (Å²) in [4.78, 5) is 4.68. The van der Waals surface area contributed by atoms with E-state index in [4.69, 9.17) is 11.6 Å². The molecule has 0 saturated carbocycles. The Balaban J connectivity index is 2.08. The summed E-state index contributed by atoms with van der Waals surface area (Å²) in [6, 6.07) is 0.396. The van der Waals surface area contributed by atoms with Gasteiger partial charge in [-0.05, 0) is 50.9 Å². The van der Waals surface area contributed by atoms with Crippen molar-refractivity contribution in [1.29, 1.82) is 0 Å². The van der Waals surface area contributed by atoms with Crippen molar-refractivity contribution in [2.45, 2.75) is 45.6 Å². The van der Waals surface area contributed by atoms with E-state index in [9.17, 15) is 0 Å². The Kier molecular flexibility index (Phi) is 6.81. The van der Waals surface area contributed by atoms with E-state index in [1.165, 1.54) is 13.0 Å². The van der Waals surface area contributed by atoms with Gasteiger partial charge in [0, 0.05) is 25.6 Å². The van der Waals surface area contributed by atoms with Gasteiger partial charge in [-0.15, -0.1) is 32.2 Å². The number of halogens is 1. The molecule has 120 valence electrons. The van der Waals surface area contributed by atoms with E-state index >= 15 is 0 Å². The molecule has 0 aromatic carbocycles. The molecular formula is C15H23ClN6. The molecule has 0 radical (unpaired) electrons. The molecule has 0 spiro atoms. The van der Waals surface area contributed by atoms with Crippen molar-refractivity contribution in [1.82, 2.24) is 25.3 Å². The summed E-state index contributed by atoms with van der Waals surface area (Å²) in [6.45, 7) is 8.20. The van der Waals surface area contributed by atoms with Crippen LogP contribution in [0.3, 0.4) is 0 Å². The van der Waals surface area contributed by atoms with Gasteiger partial charge in [0.15, 0.2) is 0 Å². The molecule has 1 saturated heterocycles. The van der Waals surface area contributed by atoms with Crippen LogP contribution in [0.1, 0.15) is 39.5 Å². The molecule has 0 aliphatic carbocycles. The topological polar surface area (TPSA) is 58.0 Å². The van der Waals surface area contributed by atoms with Crippen molar-refractivity contribution in [3.8, 4) is 11.8 Å². The maximum Gasteiger partial charge on any atom is 0.265 e. The molecule has 1 aromatic rings. The zero-order chi connectivity index (χ0) is 15.8. The first kappa shape index (κ1) is 16.9. The van der Waals surface area contributed by atoms with Crippen LogP contribution < -0.4 is 4.90 Å². The van der Waals surface area contributed by atoms with E-state index in [-0.39, 0.29) is 5.28 Å². The van der Waals surface area contributed by atoms with Crippen LogP contribution in [0, 0.1) is 11.8 Å². The van der Waals surface area contributed by atoms with Gasteiger partial charge in [0.1, 0.15) is 0 Å². The Bertz CT molecular complexity index is 509. The number of rotatable bonds is 6. The number of aromatic nitrogens is 4. The molecule has 22 heavy (non-hydrogen) atoms. The average molecular weight is 323 g/mol. The van der Waals surface area contributed by atoms with Gasteiger partial charge in [-0.1, -0.05) is 6.92 Å². The number of piperidine rings is 1. The molecule has 2 rings (SSSR count). The second kappa shape index (κ2) is 8.86. The number of nitrogens with zero attached hydrogens (tertiary/aromatic N) is 6. The van der Waals surface area contributed by atoms with Gasteiger partial charge in [-0.25, -0.2) is 0 Å². The second-order valence-corrected chi connectivity index (χ2v) is 5.72. The predicted octanol–water partition coefficient (Wildman–Crippen LogP) is 2.01. The zero-order valence-corrected chi connectivity index (χ0v) is 14.1. The minimum absolute atomic E-state index is 0.0828. The summed E-state index contributed by atoms with van der Waals surface area (Å²) in [5.41, 5.74) is 0. The lowest BCUT2D eigenvalue weighted by atomic mass is 10.0. The van der Waals surface area contributed by atoms with E-state index in [0.717, 1.165) is 38.9 Å². The van der Waals surface area contributed by atoms with Crippen molar-refractivity contribution in [2.24, 2.45) is 0 Å². The Morgan fingerprint density at radius 1 is 1.32 bits per heavy atom. The fourth-order valence-electron chi connectivity index (χ4n) is 2.81. The lowest BCUT2D eigenvalue weighted by Crippen LogP contribution is -2.49. The fraction of sp³-hybridized carbons (Fsp3) is 0.733. The highest BCUT2D eigenvalue weighted by Crippen LogP contribution is 2.20. The minimum atomic E-state index is 0.0828. The standard InChI is InChI=1S/C15H23ClN6/c1-3-5-6-7-11-22(15-19-17-14(16)18-20-15)13-9-8-10-21(4-2)12-13/h13H,4,6-12H2,1-2H3/t13-/m1/s1. The van der Waals surface area contributed by atoms with Crippen molar-refractivity contribution in [3.05, 3.63) is 5.28 Å². The third kappa shape index (κ3) is 4.79. The summed E-state index contributed by atoms with van der Waals surface area (Å²) in [7, 11) is 0. The highest BCUT2D eigenvalue weighted by Gasteiger charge is 2.26. The van der Waals surface area contributed by atoms with Gasteiger partial charge in [-0.3, -0.25) is 0 Å². The number of likely N-dealkylation sites (N-methyl/N-ethyl adjacent to an activating group) is 1. The second-order valence-electron chi connectivity index (χ2n) is 5.38. The molecule has 6 nitrogen and oxygen atoms in total. The van der Waals surface area contributed by atoms with Gasteiger partial charge in [0.2, 0.25) is 0 Å². The molecule has 7 heteroatoms. The van der Waals surface area contributed by atoms with Crippen LogP contribution in [-0.2, 0) is 0 Å². The van der Waals surface area contributed by atoms with Crippen LogP contribution in [0.25, 0.3) is 0 Å². The molecule has 1 aliphatic heterocycles. The third-order valence-electron chi connectivity index (χ3n) is 3.95. The molecule has 0 N–H and O–H groups in total. The highest BCUT2D eigenvalue weighted by molar-refractivity contribution is 6.28. The Morgan fingerprint density at radius 3 is 2.77 bits per heavy atom. The summed E-state index contributed by atoms with van der Waals surface area (Å²) in [5, 5.41) is 16.0. The molecule has 0 unspecified atom stereocenters. The maximum absolute atomic E-state index is 5.70. The largest absolute Gasteiger partial charge is 0.334 e. The van der Waals surface area contributed by atoms with Crippen molar-refractivity contribution >= 4 is 17.5 Å². The van der Waals surface area contributed by atoms with Crippen LogP contribution >= 0.6 is 11.6 Å². The molecule has 0 amide bonds. The predicted molar refractivity (Wildman–Crippen MR) is 87.8 cm³/mol. The molecule has 1 aliphatic rings. The minimum Gasteiger partial charge on any atom is -0.334 e. The first-order valence-electron chi connectivity index (χ1n) is 7.86. The van der Waals surface area contributed by atoms with Crippen molar-refractivity contribution < 1.29 is 0 Å². The van der Waals surface area contributed by atoms with Crippen LogP contribution in [0.15, 0.2) is 0 Å². The van der Waals surface area contributed by atoms with E-state index in [0.29, 0.717) is 12.0 Å². The van der Waals surface area contributed by atoms with Gasteiger partial charge < -0.3 is 9.80 Å². The maximum atomic E-state index is 5.70. The van der Waals surface area contributed by atoms with Gasteiger partial charge in [0.05, 0.1) is 0 Å². The summed E-state index contributed by atoms with van der Waals surface area (Å²) >= 11 is 5.70. The summed E-state index contributed by atoms with van der Waals surface area (Å²) in [5.74, 6) is 6.61. The summed E-state index contributed by atoms with van der Waals surface area (Å²) in [6.07, 6.45) is 4.20. The average Bonchev–Trinajstić information content (AvgIpc) is 2.56. The molecule has 1 atom stereocenters. The van der Waals surface area contributed by atoms with E-state index in [1.54, 1.807) is 0 Å². The molecule has 0 bridgehead atoms. The Morgan fingerprint density at radius 2 is 2.09 bits per heavy atom. The van der Waals surface area contributed by atoms with Gasteiger partial charge in [-0.2, -0.15) is 0 Å². The Hall–Kier alpha value is -1.45. The van der Waals surface area contributed by atoms with Crippen LogP contribution in [-0.4, -0.2) is 57.5 Å². The van der Waals surface area contributed by atoms with Gasteiger partial charge >= 0.3 is 0 Å². The zero-order valence-electron chi connectivity index (χ0n) is 13.3. The monoisotopic (exact) mass is 322 g/mol. The van der Waals surface area contributed by atoms with Crippen molar-refractivity contribution in [2.75, 3.05) is 31.1 Å². The van der Waals surface area contributed by atoms with E-state index in [2.05, 4.69) is 49.0 Å². The first-order chi connectivity index (χ1) is 10.7. The van der Waals surface area contributed by atoms with Crippen LogP contribution in [0.2, 0.25) is 5.28 Å². The number of hydrogen-bond donors (Lipinski definition) is 0. The first-order valence-corrected chi connectivity index (χ1v) is 8.24. The number of anilines is 1. The number of hydrogen-bond acceptors (Lipinski definition) is 6. The highest BCUT2D eigenvalue weighted by atomic mass is 35.5. The van der Waals surface area contributed by atoms with E-state index < -0.39 is 0 Å². The van der Waals surface area contributed by atoms with Crippen LogP contribution in [0.4, 0.5) is 5.95 Å². The molecule has 2 heterocycles. The third-order valence-corrected chi connectivity index (χ3v) is 4.10. The lowest BCUT2D eigenvalue weighted by Gasteiger charge is -2.38. The van der Waals surface area contributed by atoms with Crippen LogP contribution in [0.5, 0.6) is 0 Å². The number of unbranched alkanes of at least 4 members (excludes halogenated alkanes) is 1. The fourth-order valence-corrected chi connectivity index (χ4v) is 2.88. The SMILES string of the molecule is CC#CCCCN(c1nnc(Cl)nn1)[C@@H]1CCCN(CC)C1.